The molecule has 2 aromatic rings. The maximum atomic E-state index is 12.9. The number of amides is 1. The fourth-order valence-corrected chi connectivity index (χ4v) is 3.47. The van der Waals surface area contributed by atoms with E-state index < -0.39 is 11.6 Å². The van der Waals surface area contributed by atoms with Crippen LogP contribution in [-0.4, -0.2) is 37.0 Å². The Hall–Kier alpha value is -2.28. The van der Waals surface area contributed by atoms with Crippen LogP contribution in [0.4, 0.5) is 0 Å². The van der Waals surface area contributed by atoms with Crippen molar-refractivity contribution >= 4 is 18.3 Å². The molecule has 2 aliphatic heterocycles. The van der Waals surface area contributed by atoms with Crippen molar-refractivity contribution in [3.05, 3.63) is 59.7 Å². The molecule has 4 rings (SSSR count). The molecule has 1 fully saturated rings. The molecule has 1 amide bonds. The van der Waals surface area contributed by atoms with Crippen molar-refractivity contribution in [1.29, 1.82) is 0 Å². The van der Waals surface area contributed by atoms with Crippen LogP contribution in [0, 0.1) is 0 Å². The van der Waals surface area contributed by atoms with Crippen LogP contribution in [0.3, 0.4) is 0 Å². The quantitative estimate of drug-likeness (QED) is 0.761. The lowest BCUT2D eigenvalue weighted by molar-refractivity contribution is 0.0289. The number of aliphatic hydroxyl groups excluding tert-OH is 1. The molecule has 0 saturated carbocycles. The first-order valence-corrected chi connectivity index (χ1v) is 8.35. The highest BCUT2D eigenvalue weighted by molar-refractivity contribution is 5.95. The molecule has 138 valence electrons. The van der Waals surface area contributed by atoms with Crippen molar-refractivity contribution < 1.29 is 19.4 Å². The Morgan fingerprint density at radius 1 is 1.15 bits per heavy atom. The molecule has 3 N–H and O–H groups in total. The largest absolute Gasteiger partial charge is 0.454 e. The molecule has 2 aromatic carbocycles. The van der Waals surface area contributed by atoms with E-state index in [1.165, 1.54) is 0 Å². The minimum atomic E-state index is -0.819. The molecule has 0 unspecified atom stereocenters. The second kappa shape index (κ2) is 7.53. The Labute approximate surface area is 157 Å². The van der Waals surface area contributed by atoms with E-state index in [0.29, 0.717) is 36.6 Å². The number of carbonyl (C=O) groups excluding carboxylic acids is 1. The third kappa shape index (κ3) is 3.23. The smallest absolute Gasteiger partial charge is 0.252 e. The molecule has 0 aromatic heterocycles. The number of aliphatic hydroxyl groups is 1. The fourth-order valence-electron chi connectivity index (χ4n) is 3.47. The first-order valence-electron chi connectivity index (χ1n) is 8.35. The highest BCUT2D eigenvalue weighted by Crippen LogP contribution is 2.34. The van der Waals surface area contributed by atoms with Crippen LogP contribution >= 0.6 is 12.4 Å². The molecule has 2 aliphatic rings. The van der Waals surface area contributed by atoms with Gasteiger partial charge in [0.05, 0.1) is 11.6 Å². The van der Waals surface area contributed by atoms with Gasteiger partial charge in [0.15, 0.2) is 11.5 Å². The number of piperidine rings is 1. The average molecular weight is 377 g/mol. The number of nitrogens with one attached hydrogen (secondary N) is 2. The maximum Gasteiger partial charge on any atom is 0.252 e. The third-order valence-electron chi connectivity index (χ3n) is 4.86. The molecule has 6 nitrogen and oxygen atoms in total. The minimum Gasteiger partial charge on any atom is -0.454 e. The van der Waals surface area contributed by atoms with E-state index in [0.717, 1.165) is 5.56 Å². The summed E-state index contributed by atoms with van der Waals surface area (Å²) < 4.78 is 10.6. The second-order valence-electron chi connectivity index (χ2n) is 6.33. The predicted molar refractivity (Wildman–Crippen MR) is 98.9 cm³/mol. The van der Waals surface area contributed by atoms with Gasteiger partial charge in [-0.1, -0.05) is 30.3 Å². The van der Waals surface area contributed by atoms with Gasteiger partial charge in [-0.3, -0.25) is 4.79 Å². The highest BCUT2D eigenvalue weighted by Gasteiger charge is 2.43. The first-order chi connectivity index (χ1) is 12.2. The average Bonchev–Trinajstić information content (AvgIpc) is 3.12. The number of benzene rings is 2. The van der Waals surface area contributed by atoms with Crippen LogP contribution < -0.4 is 20.1 Å². The molecular formula is C19H21ClN2O4. The number of fused-ring (bicyclic) bond motifs is 1. The predicted octanol–water partition coefficient (Wildman–Crippen LogP) is 1.82. The number of β-amino-alcohol motifs (C(OH)–C–C–N with tert-alkyl or cyclic N) is 1. The Morgan fingerprint density at radius 2 is 1.92 bits per heavy atom. The van der Waals surface area contributed by atoms with Gasteiger partial charge in [0.1, 0.15) is 0 Å². The molecule has 0 radical (unpaired) electrons. The Bertz CT molecular complexity index is 786. The second-order valence-corrected chi connectivity index (χ2v) is 6.33. The van der Waals surface area contributed by atoms with Crippen LogP contribution in [0.5, 0.6) is 11.5 Å². The van der Waals surface area contributed by atoms with Gasteiger partial charge >= 0.3 is 0 Å². The Morgan fingerprint density at radius 3 is 2.69 bits per heavy atom. The Balaban J connectivity index is 0.00000196. The molecular weight excluding hydrogens is 356 g/mol. The van der Waals surface area contributed by atoms with Crippen LogP contribution in [-0.2, 0) is 5.54 Å². The summed E-state index contributed by atoms with van der Waals surface area (Å²) in [5, 5.41) is 17.0. The molecule has 0 aliphatic carbocycles. The topological polar surface area (TPSA) is 79.8 Å². The lowest BCUT2D eigenvalue weighted by atomic mass is 9.79. The number of ether oxygens (including phenoxy) is 2. The van der Waals surface area contributed by atoms with Gasteiger partial charge < -0.3 is 25.2 Å². The SMILES string of the molecule is Cl.O=C(N[C@]1(c2ccccc2)CCNC[C@H]1O)c1ccc2c(c1)OCO2. The van der Waals surface area contributed by atoms with Crippen molar-refractivity contribution in [2.24, 2.45) is 0 Å². The molecule has 1 saturated heterocycles. The summed E-state index contributed by atoms with van der Waals surface area (Å²) in [5.74, 6) is 0.951. The third-order valence-corrected chi connectivity index (χ3v) is 4.86. The van der Waals surface area contributed by atoms with E-state index in [2.05, 4.69) is 10.6 Å². The zero-order valence-electron chi connectivity index (χ0n) is 14.1. The van der Waals surface area contributed by atoms with Crippen molar-refractivity contribution in [3.8, 4) is 11.5 Å². The van der Waals surface area contributed by atoms with Gasteiger partial charge in [-0.25, -0.2) is 0 Å². The zero-order valence-corrected chi connectivity index (χ0v) is 14.9. The van der Waals surface area contributed by atoms with Crippen LogP contribution in [0.1, 0.15) is 22.3 Å². The highest BCUT2D eigenvalue weighted by atomic mass is 35.5. The van der Waals surface area contributed by atoms with Crippen molar-refractivity contribution in [2.75, 3.05) is 19.9 Å². The number of hydrogen-bond acceptors (Lipinski definition) is 5. The number of halogens is 1. The van der Waals surface area contributed by atoms with Gasteiger partial charge in [0.2, 0.25) is 6.79 Å². The minimum absolute atomic E-state index is 0. The van der Waals surface area contributed by atoms with E-state index in [1.807, 2.05) is 30.3 Å². The van der Waals surface area contributed by atoms with Gasteiger partial charge in [-0.15, -0.1) is 12.4 Å². The zero-order chi connectivity index (χ0) is 17.3. The van der Waals surface area contributed by atoms with E-state index in [9.17, 15) is 9.90 Å². The number of rotatable bonds is 3. The van der Waals surface area contributed by atoms with Crippen LogP contribution in [0.2, 0.25) is 0 Å². The van der Waals surface area contributed by atoms with E-state index in [1.54, 1.807) is 18.2 Å². The first kappa shape index (κ1) is 18.5. The molecule has 0 spiro atoms. The van der Waals surface area contributed by atoms with Gasteiger partial charge in [0.25, 0.3) is 5.91 Å². The summed E-state index contributed by atoms with van der Waals surface area (Å²) in [7, 11) is 0. The number of carbonyl (C=O) groups is 1. The lowest BCUT2D eigenvalue weighted by Gasteiger charge is -2.43. The van der Waals surface area contributed by atoms with E-state index in [4.69, 9.17) is 9.47 Å². The summed E-state index contributed by atoms with van der Waals surface area (Å²) in [6.07, 6.45) is -0.115. The van der Waals surface area contributed by atoms with Gasteiger partial charge in [-0.05, 0) is 36.7 Å². The summed E-state index contributed by atoms with van der Waals surface area (Å²) in [6, 6.07) is 14.7. The number of hydrogen-bond donors (Lipinski definition) is 3. The van der Waals surface area contributed by atoms with Gasteiger partial charge in [-0.2, -0.15) is 0 Å². The monoisotopic (exact) mass is 376 g/mol. The molecule has 2 heterocycles. The van der Waals surface area contributed by atoms with Crippen molar-refractivity contribution in [3.63, 3.8) is 0 Å². The standard InChI is InChI=1S/C19H20N2O4.ClH/c22-17-11-20-9-8-19(17,14-4-2-1-3-5-14)21-18(23)13-6-7-15-16(10-13)25-12-24-15;/h1-7,10,17,20,22H,8-9,11-12H2,(H,21,23);1H/t17-,19+;/m1./s1. The molecule has 7 heteroatoms. The van der Waals surface area contributed by atoms with Crippen LogP contribution in [0.15, 0.2) is 48.5 Å². The Kier molecular flexibility index (Phi) is 5.36. The molecule has 0 bridgehead atoms. The van der Waals surface area contributed by atoms with Crippen molar-refractivity contribution in [1.82, 2.24) is 10.6 Å². The summed E-state index contributed by atoms with van der Waals surface area (Å²) in [5.41, 5.74) is 0.559. The molecule has 26 heavy (non-hydrogen) atoms. The molecule has 2 atom stereocenters. The van der Waals surface area contributed by atoms with Crippen LogP contribution in [0.25, 0.3) is 0 Å². The maximum absolute atomic E-state index is 12.9. The summed E-state index contributed by atoms with van der Waals surface area (Å²) in [6.45, 7) is 1.31. The lowest BCUT2D eigenvalue weighted by Crippen LogP contribution is -2.61. The van der Waals surface area contributed by atoms with Gasteiger partial charge in [0, 0.05) is 12.1 Å². The van der Waals surface area contributed by atoms with E-state index >= 15 is 0 Å². The fraction of sp³-hybridized carbons (Fsp3) is 0.316. The van der Waals surface area contributed by atoms with E-state index in [-0.39, 0.29) is 25.1 Å². The summed E-state index contributed by atoms with van der Waals surface area (Å²) >= 11 is 0. The summed E-state index contributed by atoms with van der Waals surface area (Å²) in [4.78, 5) is 12.9. The van der Waals surface area contributed by atoms with Crippen molar-refractivity contribution in [2.45, 2.75) is 18.1 Å². The normalized spacial score (nSPS) is 23.8.